The molecule has 6 nitrogen and oxygen atoms in total. The summed E-state index contributed by atoms with van der Waals surface area (Å²) in [7, 11) is 0. The number of aromatic nitrogens is 1. The van der Waals surface area contributed by atoms with Crippen LogP contribution >= 0.6 is 11.6 Å². The lowest BCUT2D eigenvalue weighted by molar-refractivity contribution is -0.124. The molecule has 1 aromatic carbocycles. The number of rotatable bonds is 7. The molecule has 0 spiro atoms. The number of halogens is 1. The first-order valence-electron chi connectivity index (χ1n) is 8.35. The number of ether oxygens (including phenoxy) is 1. The molecule has 1 amide bonds. The summed E-state index contributed by atoms with van der Waals surface area (Å²) in [5.74, 6) is -0.991. The van der Waals surface area contributed by atoms with Gasteiger partial charge in [-0.1, -0.05) is 23.7 Å². The van der Waals surface area contributed by atoms with Gasteiger partial charge in [0.25, 0.3) is 5.91 Å². The third-order valence-corrected chi connectivity index (χ3v) is 4.35. The van der Waals surface area contributed by atoms with E-state index in [1.165, 1.54) is 0 Å². The van der Waals surface area contributed by atoms with Crippen LogP contribution in [0, 0.1) is 13.8 Å². The monoisotopic (exact) mass is 378 g/mol. The minimum atomic E-state index is -0.691. The highest BCUT2D eigenvalue weighted by Crippen LogP contribution is 2.24. The van der Waals surface area contributed by atoms with E-state index in [1.54, 1.807) is 32.9 Å². The van der Waals surface area contributed by atoms with Crippen LogP contribution in [0.3, 0.4) is 0 Å². The molecule has 0 bridgehead atoms. The topological polar surface area (TPSA) is 91.4 Å². The molecule has 1 aromatic heterocycles. The third kappa shape index (κ3) is 5.09. The number of hydrogen-bond donors (Lipinski definition) is 3. The summed E-state index contributed by atoms with van der Waals surface area (Å²) in [6.07, 6.45) is -0.0345. The lowest BCUT2D eigenvalue weighted by atomic mass is 10.1. The van der Waals surface area contributed by atoms with Crippen LogP contribution in [0.25, 0.3) is 0 Å². The summed E-state index contributed by atoms with van der Waals surface area (Å²) in [4.78, 5) is 26.9. The number of aliphatic hydroxyl groups is 1. The van der Waals surface area contributed by atoms with E-state index < -0.39 is 12.1 Å². The van der Waals surface area contributed by atoms with E-state index in [-0.39, 0.29) is 18.2 Å². The van der Waals surface area contributed by atoms with Gasteiger partial charge < -0.3 is 20.1 Å². The predicted molar refractivity (Wildman–Crippen MR) is 99.3 cm³/mol. The molecule has 0 radical (unpaired) electrons. The number of aryl methyl sites for hydroxylation is 1. The fraction of sp³-hybridized carbons (Fsp3) is 0.368. The summed E-state index contributed by atoms with van der Waals surface area (Å²) in [6, 6.07) is 7.38. The smallest absolute Gasteiger partial charge is 0.355 e. The number of nitrogens with one attached hydrogen (secondary N) is 2. The van der Waals surface area contributed by atoms with Crippen LogP contribution in [-0.4, -0.2) is 35.1 Å². The zero-order chi connectivity index (χ0) is 19.3. The Balaban J connectivity index is 1.81. The second kappa shape index (κ2) is 8.87. The Morgan fingerprint density at radius 3 is 2.50 bits per heavy atom. The molecule has 0 aliphatic rings. The highest BCUT2D eigenvalue weighted by molar-refractivity contribution is 6.30. The van der Waals surface area contributed by atoms with Crippen molar-refractivity contribution >= 4 is 23.5 Å². The average Bonchev–Trinajstić information content (AvgIpc) is 2.89. The molecule has 0 aliphatic carbocycles. The van der Waals surface area contributed by atoms with Crippen LogP contribution in [0.4, 0.5) is 0 Å². The van der Waals surface area contributed by atoms with E-state index in [2.05, 4.69) is 10.3 Å². The Hall–Kier alpha value is -2.31. The van der Waals surface area contributed by atoms with E-state index in [4.69, 9.17) is 16.3 Å². The average molecular weight is 379 g/mol. The number of aromatic amines is 1. The largest absolute Gasteiger partial charge is 0.451 e. The second-order valence-corrected chi connectivity index (χ2v) is 6.58. The van der Waals surface area contributed by atoms with E-state index >= 15 is 0 Å². The number of aliphatic hydroxyl groups excluding tert-OH is 1. The van der Waals surface area contributed by atoms with Crippen LogP contribution < -0.4 is 5.32 Å². The molecule has 2 rings (SSSR count). The normalized spacial score (nSPS) is 11.9. The van der Waals surface area contributed by atoms with Gasteiger partial charge in [0.2, 0.25) is 0 Å². The van der Waals surface area contributed by atoms with Crippen LogP contribution in [-0.2, 0) is 16.0 Å². The Bertz CT molecular complexity index is 782. The number of amides is 1. The van der Waals surface area contributed by atoms with Gasteiger partial charge in [-0.05, 0) is 50.5 Å². The third-order valence-electron chi connectivity index (χ3n) is 4.10. The van der Waals surface area contributed by atoms with Gasteiger partial charge in [-0.3, -0.25) is 4.79 Å². The van der Waals surface area contributed by atoms with Crippen molar-refractivity contribution in [2.45, 2.75) is 33.3 Å². The lowest BCUT2D eigenvalue weighted by Crippen LogP contribution is -2.30. The Morgan fingerprint density at radius 1 is 1.27 bits per heavy atom. The molecule has 1 heterocycles. The fourth-order valence-electron chi connectivity index (χ4n) is 2.85. The van der Waals surface area contributed by atoms with Crippen molar-refractivity contribution in [2.75, 3.05) is 13.2 Å². The minimum Gasteiger partial charge on any atom is -0.451 e. The maximum atomic E-state index is 12.2. The molecular weight excluding hydrogens is 356 g/mol. The van der Waals surface area contributed by atoms with Crippen molar-refractivity contribution < 1.29 is 19.4 Å². The fourth-order valence-corrected chi connectivity index (χ4v) is 2.97. The molecule has 26 heavy (non-hydrogen) atoms. The van der Waals surface area contributed by atoms with E-state index in [0.29, 0.717) is 34.8 Å². The highest BCUT2D eigenvalue weighted by Gasteiger charge is 2.21. The van der Waals surface area contributed by atoms with Crippen molar-refractivity contribution in [1.82, 2.24) is 10.3 Å². The quantitative estimate of drug-likeness (QED) is 0.646. The van der Waals surface area contributed by atoms with Crippen molar-refractivity contribution in [1.29, 1.82) is 0 Å². The van der Waals surface area contributed by atoms with Gasteiger partial charge >= 0.3 is 5.97 Å². The second-order valence-electron chi connectivity index (χ2n) is 6.14. The Morgan fingerprint density at radius 2 is 1.92 bits per heavy atom. The first kappa shape index (κ1) is 20.0. The number of hydrogen-bond acceptors (Lipinski definition) is 4. The van der Waals surface area contributed by atoms with Crippen LogP contribution in [0.2, 0.25) is 5.02 Å². The summed E-state index contributed by atoms with van der Waals surface area (Å²) in [6.45, 7) is 5.21. The first-order chi connectivity index (χ1) is 12.3. The number of H-pyrrole nitrogens is 1. The van der Waals surface area contributed by atoms with E-state index in [1.807, 2.05) is 12.1 Å². The molecule has 0 saturated carbocycles. The first-order valence-corrected chi connectivity index (χ1v) is 8.72. The number of esters is 1. The van der Waals surface area contributed by atoms with E-state index in [9.17, 15) is 14.7 Å². The van der Waals surface area contributed by atoms with Gasteiger partial charge in [0.1, 0.15) is 5.69 Å². The summed E-state index contributed by atoms with van der Waals surface area (Å²) >= 11 is 5.82. The SMILES string of the molecule is Cc1[nH]c(C(=O)OCC(=O)NCCc2ccc(Cl)cc2)c(C)c1[C@H](C)O. The van der Waals surface area contributed by atoms with Gasteiger partial charge in [-0.25, -0.2) is 4.79 Å². The number of benzene rings is 1. The summed E-state index contributed by atoms with van der Waals surface area (Å²) in [5.41, 5.74) is 3.31. The van der Waals surface area contributed by atoms with Crippen LogP contribution in [0.1, 0.15) is 45.9 Å². The molecule has 0 saturated heterocycles. The van der Waals surface area contributed by atoms with E-state index in [0.717, 1.165) is 5.56 Å². The van der Waals surface area contributed by atoms with Crippen molar-refractivity contribution in [3.05, 3.63) is 57.4 Å². The lowest BCUT2D eigenvalue weighted by Gasteiger charge is -2.07. The molecule has 1 atom stereocenters. The zero-order valence-corrected chi connectivity index (χ0v) is 15.8. The van der Waals surface area contributed by atoms with Crippen molar-refractivity contribution in [3.63, 3.8) is 0 Å². The molecular formula is C19H23ClN2O4. The van der Waals surface area contributed by atoms with Crippen LogP contribution in [0.5, 0.6) is 0 Å². The standard InChI is InChI=1S/C19H23ClN2O4/c1-11-17(13(3)23)12(2)22-18(11)19(25)26-10-16(24)21-9-8-14-4-6-15(20)7-5-14/h4-7,13,22-23H,8-10H2,1-3H3,(H,21,24)/t13-/m0/s1. The number of carbonyl (C=O) groups excluding carboxylic acids is 2. The maximum Gasteiger partial charge on any atom is 0.355 e. The molecule has 0 aliphatic heterocycles. The Kier molecular flexibility index (Phi) is 6.83. The maximum absolute atomic E-state index is 12.2. The zero-order valence-electron chi connectivity index (χ0n) is 15.1. The molecule has 0 unspecified atom stereocenters. The molecule has 0 fully saturated rings. The van der Waals surface area contributed by atoms with Crippen molar-refractivity contribution in [3.8, 4) is 0 Å². The van der Waals surface area contributed by atoms with Crippen LogP contribution in [0.15, 0.2) is 24.3 Å². The van der Waals surface area contributed by atoms with Gasteiger partial charge in [0.15, 0.2) is 6.61 Å². The molecule has 140 valence electrons. The number of carbonyl (C=O) groups is 2. The van der Waals surface area contributed by atoms with Gasteiger partial charge in [-0.15, -0.1) is 0 Å². The van der Waals surface area contributed by atoms with Crippen molar-refractivity contribution in [2.24, 2.45) is 0 Å². The molecule has 3 N–H and O–H groups in total. The molecule has 7 heteroatoms. The van der Waals surface area contributed by atoms with Gasteiger partial charge in [0, 0.05) is 22.8 Å². The van der Waals surface area contributed by atoms with Gasteiger partial charge in [-0.2, -0.15) is 0 Å². The highest BCUT2D eigenvalue weighted by atomic mass is 35.5. The summed E-state index contributed by atoms with van der Waals surface area (Å²) < 4.78 is 5.06. The summed E-state index contributed by atoms with van der Waals surface area (Å²) in [5, 5.41) is 13.1. The molecule has 2 aromatic rings. The Labute approximate surface area is 157 Å². The minimum absolute atomic E-state index is 0.257. The predicted octanol–water partition coefficient (Wildman–Crippen LogP) is 2.85. The van der Waals surface area contributed by atoms with Gasteiger partial charge in [0.05, 0.1) is 6.10 Å².